The first-order chi connectivity index (χ1) is 13.9. The van der Waals surface area contributed by atoms with E-state index in [-0.39, 0.29) is 9.92 Å². The standard InChI is InChI=1S/C20H17Cl2N3O3S/c21-14-10-13-4-3-7-23-19(13)16(11-14)20(26)24-15-5-6-17(22)18(12-15)29(27,28)25-8-1-2-9-25/h3-7,10-12H,1-2,8-9H2,(H,24,26). The minimum Gasteiger partial charge on any atom is -0.322 e. The van der Waals surface area contributed by atoms with E-state index in [1.807, 2.05) is 6.07 Å². The molecule has 1 fully saturated rings. The molecular formula is C20H17Cl2N3O3S. The summed E-state index contributed by atoms with van der Waals surface area (Å²) in [6.07, 6.45) is 3.24. The van der Waals surface area contributed by atoms with Crippen molar-refractivity contribution in [1.29, 1.82) is 0 Å². The Bertz CT molecular complexity index is 1210. The van der Waals surface area contributed by atoms with Gasteiger partial charge in [0.05, 0.1) is 16.1 Å². The number of anilines is 1. The number of carbonyl (C=O) groups is 1. The Morgan fingerprint density at radius 3 is 2.59 bits per heavy atom. The van der Waals surface area contributed by atoms with Crippen molar-refractivity contribution in [2.24, 2.45) is 0 Å². The number of carbonyl (C=O) groups excluding carboxylic acids is 1. The van der Waals surface area contributed by atoms with E-state index in [1.165, 1.54) is 22.5 Å². The SMILES string of the molecule is O=C(Nc1ccc(Cl)c(S(=O)(=O)N2CCCC2)c1)c1cc(Cl)cc2cccnc12. The number of amides is 1. The molecule has 1 aliphatic heterocycles. The van der Waals surface area contributed by atoms with Crippen molar-refractivity contribution in [3.63, 3.8) is 0 Å². The Morgan fingerprint density at radius 2 is 1.83 bits per heavy atom. The third-order valence-corrected chi connectivity index (χ3v) is 7.38. The van der Waals surface area contributed by atoms with Crippen LogP contribution in [-0.4, -0.2) is 36.7 Å². The second kappa shape index (κ2) is 7.91. The van der Waals surface area contributed by atoms with Crippen LogP contribution in [0, 0.1) is 0 Å². The Kier molecular flexibility index (Phi) is 5.48. The lowest BCUT2D eigenvalue weighted by Gasteiger charge is -2.17. The first kappa shape index (κ1) is 20.1. The molecule has 2 aromatic carbocycles. The fourth-order valence-electron chi connectivity index (χ4n) is 3.37. The molecule has 0 bridgehead atoms. The van der Waals surface area contributed by atoms with E-state index in [0.717, 1.165) is 18.2 Å². The van der Waals surface area contributed by atoms with Crippen LogP contribution in [0.15, 0.2) is 53.6 Å². The molecule has 0 atom stereocenters. The Hall–Kier alpha value is -2.19. The van der Waals surface area contributed by atoms with Crippen LogP contribution in [0.5, 0.6) is 0 Å². The topological polar surface area (TPSA) is 79.4 Å². The fraction of sp³-hybridized carbons (Fsp3) is 0.200. The highest BCUT2D eigenvalue weighted by Gasteiger charge is 2.29. The Morgan fingerprint density at radius 1 is 1.07 bits per heavy atom. The number of sulfonamides is 1. The zero-order valence-corrected chi connectivity index (χ0v) is 17.6. The van der Waals surface area contributed by atoms with Crippen molar-refractivity contribution in [2.75, 3.05) is 18.4 Å². The number of rotatable bonds is 4. The minimum atomic E-state index is -3.72. The predicted octanol–water partition coefficient (Wildman–Crippen LogP) is 4.58. The second-order valence-corrected chi connectivity index (χ2v) is 9.49. The van der Waals surface area contributed by atoms with Crippen molar-refractivity contribution in [3.8, 4) is 0 Å². The third kappa shape index (κ3) is 3.96. The molecule has 1 N–H and O–H groups in total. The highest BCUT2D eigenvalue weighted by atomic mass is 35.5. The van der Waals surface area contributed by atoms with Gasteiger partial charge >= 0.3 is 0 Å². The number of aromatic nitrogens is 1. The fourth-order valence-corrected chi connectivity index (χ4v) is 5.62. The highest BCUT2D eigenvalue weighted by molar-refractivity contribution is 7.89. The van der Waals surface area contributed by atoms with Crippen LogP contribution in [-0.2, 0) is 10.0 Å². The van der Waals surface area contributed by atoms with Gasteiger partial charge in [-0.15, -0.1) is 0 Å². The number of halogens is 2. The lowest BCUT2D eigenvalue weighted by molar-refractivity contribution is 0.102. The summed E-state index contributed by atoms with van der Waals surface area (Å²) in [7, 11) is -3.72. The quantitative estimate of drug-likeness (QED) is 0.631. The van der Waals surface area contributed by atoms with Crippen LogP contribution in [0.4, 0.5) is 5.69 Å². The maximum Gasteiger partial charge on any atom is 0.257 e. The van der Waals surface area contributed by atoms with E-state index in [2.05, 4.69) is 10.3 Å². The van der Waals surface area contributed by atoms with Crippen LogP contribution in [0.1, 0.15) is 23.2 Å². The van der Waals surface area contributed by atoms with E-state index in [9.17, 15) is 13.2 Å². The number of nitrogens with zero attached hydrogens (tertiary/aromatic N) is 2. The van der Waals surface area contributed by atoms with Gasteiger partial charge in [0.25, 0.3) is 5.91 Å². The van der Waals surface area contributed by atoms with Gasteiger partial charge in [0.2, 0.25) is 10.0 Å². The smallest absolute Gasteiger partial charge is 0.257 e. The molecule has 6 nitrogen and oxygen atoms in total. The molecule has 1 saturated heterocycles. The summed E-state index contributed by atoms with van der Waals surface area (Å²) >= 11 is 12.3. The van der Waals surface area contributed by atoms with E-state index in [0.29, 0.717) is 34.9 Å². The molecular weight excluding hydrogens is 433 g/mol. The monoisotopic (exact) mass is 449 g/mol. The summed E-state index contributed by atoms with van der Waals surface area (Å²) in [4.78, 5) is 17.1. The zero-order valence-electron chi connectivity index (χ0n) is 15.2. The summed E-state index contributed by atoms with van der Waals surface area (Å²) in [5.74, 6) is -0.442. The Balaban J connectivity index is 1.68. The first-order valence-corrected chi connectivity index (χ1v) is 11.2. The molecule has 0 unspecified atom stereocenters. The van der Waals surface area contributed by atoms with Crippen molar-refractivity contribution >= 4 is 55.7 Å². The van der Waals surface area contributed by atoms with Crippen LogP contribution in [0.3, 0.4) is 0 Å². The van der Waals surface area contributed by atoms with Gasteiger partial charge in [0.1, 0.15) is 4.90 Å². The number of pyridine rings is 1. The molecule has 150 valence electrons. The van der Waals surface area contributed by atoms with E-state index < -0.39 is 15.9 Å². The van der Waals surface area contributed by atoms with Gasteiger partial charge in [-0.2, -0.15) is 4.31 Å². The molecule has 1 aliphatic rings. The minimum absolute atomic E-state index is 0.0204. The molecule has 0 saturated carbocycles. The van der Waals surface area contributed by atoms with Gasteiger partial charge < -0.3 is 5.32 Å². The normalized spacial score (nSPS) is 15.0. The third-order valence-electron chi connectivity index (χ3n) is 4.79. The second-order valence-electron chi connectivity index (χ2n) is 6.74. The van der Waals surface area contributed by atoms with Crippen molar-refractivity contribution < 1.29 is 13.2 Å². The summed E-state index contributed by atoms with van der Waals surface area (Å²) in [5, 5.41) is 3.99. The van der Waals surface area contributed by atoms with Gasteiger partial charge in [-0.1, -0.05) is 29.3 Å². The Labute approximate surface area is 178 Å². The van der Waals surface area contributed by atoms with Crippen LogP contribution >= 0.6 is 23.2 Å². The number of nitrogens with one attached hydrogen (secondary N) is 1. The van der Waals surface area contributed by atoms with Crippen molar-refractivity contribution in [2.45, 2.75) is 17.7 Å². The molecule has 9 heteroatoms. The average Bonchev–Trinajstić information content (AvgIpc) is 3.24. The number of fused-ring (bicyclic) bond motifs is 1. The summed E-state index contributed by atoms with van der Waals surface area (Å²) in [6.45, 7) is 0.935. The van der Waals surface area contributed by atoms with E-state index >= 15 is 0 Å². The maximum absolute atomic E-state index is 12.9. The zero-order chi connectivity index (χ0) is 20.6. The molecule has 1 amide bonds. The number of hydrogen-bond donors (Lipinski definition) is 1. The van der Waals surface area contributed by atoms with Crippen LogP contribution in [0.25, 0.3) is 10.9 Å². The molecule has 0 spiro atoms. The molecule has 4 rings (SSSR count). The molecule has 1 aromatic heterocycles. The molecule has 0 radical (unpaired) electrons. The van der Waals surface area contributed by atoms with Gasteiger partial charge in [-0.25, -0.2) is 8.42 Å². The van der Waals surface area contributed by atoms with Gasteiger partial charge in [0, 0.05) is 35.4 Å². The first-order valence-electron chi connectivity index (χ1n) is 9.01. The molecule has 29 heavy (non-hydrogen) atoms. The van der Waals surface area contributed by atoms with Gasteiger partial charge in [-0.05, 0) is 49.2 Å². The number of hydrogen-bond acceptors (Lipinski definition) is 4. The molecule has 0 aliphatic carbocycles. The van der Waals surface area contributed by atoms with E-state index in [4.69, 9.17) is 23.2 Å². The van der Waals surface area contributed by atoms with Gasteiger partial charge in [-0.3, -0.25) is 9.78 Å². The van der Waals surface area contributed by atoms with Crippen LogP contribution < -0.4 is 5.32 Å². The predicted molar refractivity (Wildman–Crippen MR) is 114 cm³/mol. The maximum atomic E-state index is 12.9. The van der Waals surface area contributed by atoms with E-state index in [1.54, 1.807) is 24.4 Å². The van der Waals surface area contributed by atoms with Crippen molar-refractivity contribution in [1.82, 2.24) is 9.29 Å². The molecule has 2 heterocycles. The molecule has 3 aromatic rings. The summed E-state index contributed by atoms with van der Waals surface area (Å²) in [5.41, 5.74) is 1.13. The lowest BCUT2D eigenvalue weighted by atomic mass is 10.1. The lowest BCUT2D eigenvalue weighted by Crippen LogP contribution is -2.28. The highest BCUT2D eigenvalue weighted by Crippen LogP contribution is 2.30. The summed E-state index contributed by atoms with van der Waals surface area (Å²) in [6, 6.07) is 11.2. The van der Waals surface area contributed by atoms with Crippen molar-refractivity contribution in [3.05, 3.63) is 64.3 Å². The average molecular weight is 450 g/mol. The van der Waals surface area contributed by atoms with Gasteiger partial charge in [0.15, 0.2) is 0 Å². The summed E-state index contributed by atoms with van der Waals surface area (Å²) < 4.78 is 27.2. The largest absolute Gasteiger partial charge is 0.322 e. The van der Waals surface area contributed by atoms with Crippen LogP contribution in [0.2, 0.25) is 10.0 Å². The number of benzene rings is 2.